The molecule has 0 amide bonds. The maximum atomic E-state index is 12.9. The van der Waals surface area contributed by atoms with Gasteiger partial charge in [-0.15, -0.1) is 0 Å². The van der Waals surface area contributed by atoms with Crippen LogP contribution in [0.5, 0.6) is 0 Å². The number of unbranched alkanes of at least 4 members (excludes halogenated alkanes) is 1. The number of hydrogen-bond donors (Lipinski definition) is 1. The largest absolute Gasteiger partial charge is 0.316 e. The molecule has 0 unspecified atom stereocenters. The summed E-state index contributed by atoms with van der Waals surface area (Å²) in [5.74, 6) is 0. The predicted molar refractivity (Wildman–Crippen MR) is 88.7 cm³/mol. The first-order valence-electron chi connectivity index (χ1n) is 7.45. The molecule has 4 nitrogen and oxygen atoms in total. The Morgan fingerprint density at radius 2 is 2.10 bits per heavy atom. The van der Waals surface area contributed by atoms with Crippen LogP contribution >= 0.6 is 15.9 Å². The van der Waals surface area contributed by atoms with Crippen LogP contribution in [0.4, 0.5) is 0 Å². The molecule has 1 fully saturated rings. The van der Waals surface area contributed by atoms with Crippen molar-refractivity contribution in [1.29, 1.82) is 0 Å². The monoisotopic (exact) mass is 374 g/mol. The lowest BCUT2D eigenvalue weighted by molar-refractivity contribution is 0.395. The van der Waals surface area contributed by atoms with Crippen molar-refractivity contribution in [1.82, 2.24) is 9.62 Å². The van der Waals surface area contributed by atoms with Crippen molar-refractivity contribution in [3.8, 4) is 0 Å². The van der Waals surface area contributed by atoms with Gasteiger partial charge in [-0.3, -0.25) is 0 Å². The van der Waals surface area contributed by atoms with Gasteiger partial charge in [-0.1, -0.05) is 19.4 Å². The highest BCUT2D eigenvalue weighted by Crippen LogP contribution is 2.34. The fraction of sp³-hybridized carbons (Fsp3) is 0.600. The van der Waals surface area contributed by atoms with E-state index < -0.39 is 10.0 Å². The fourth-order valence-electron chi connectivity index (χ4n) is 2.37. The Bertz CT molecular complexity index is 585. The van der Waals surface area contributed by atoms with Crippen LogP contribution < -0.4 is 5.32 Å². The first kappa shape index (κ1) is 16.9. The van der Waals surface area contributed by atoms with E-state index in [-0.39, 0.29) is 6.04 Å². The highest BCUT2D eigenvalue weighted by Gasteiger charge is 2.38. The van der Waals surface area contributed by atoms with Crippen molar-refractivity contribution in [3.05, 3.63) is 28.2 Å². The molecule has 0 aromatic heterocycles. The second-order valence-corrected chi connectivity index (χ2v) is 8.21. The van der Waals surface area contributed by atoms with Gasteiger partial charge in [0, 0.05) is 23.6 Å². The number of halogens is 1. The Kier molecular flexibility index (Phi) is 5.82. The lowest BCUT2D eigenvalue weighted by Gasteiger charge is -2.22. The van der Waals surface area contributed by atoms with Gasteiger partial charge >= 0.3 is 0 Å². The maximum Gasteiger partial charge on any atom is 0.244 e. The zero-order valence-corrected chi connectivity index (χ0v) is 15.0. The highest BCUT2D eigenvalue weighted by molar-refractivity contribution is 9.10. The Morgan fingerprint density at radius 1 is 1.38 bits per heavy atom. The molecule has 0 aliphatic heterocycles. The topological polar surface area (TPSA) is 49.4 Å². The van der Waals surface area contributed by atoms with Gasteiger partial charge in [0.15, 0.2) is 0 Å². The molecule has 0 bridgehead atoms. The SMILES string of the molecule is CCCCN(C1CC1)S(=O)(=O)c1ccc(CNC)cc1Br. The molecule has 6 heteroatoms. The van der Waals surface area contributed by atoms with Crippen molar-refractivity contribution in [2.24, 2.45) is 0 Å². The predicted octanol–water partition coefficient (Wildman–Crippen LogP) is 3.12. The molecule has 0 heterocycles. The van der Waals surface area contributed by atoms with E-state index in [0.717, 1.165) is 37.8 Å². The minimum absolute atomic E-state index is 0.199. The second-order valence-electron chi connectivity index (χ2n) is 5.50. The van der Waals surface area contributed by atoms with Gasteiger partial charge in [-0.05, 0) is 59.9 Å². The highest BCUT2D eigenvalue weighted by atomic mass is 79.9. The Morgan fingerprint density at radius 3 is 2.62 bits per heavy atom. The fourth-order valence-corrected chi connectivity index (χ4v) is 5.18. The summed E-state index contributed by atoms with van der Waals surface area (Å²) in [4.78, 5) is 0.380. The zero-order chi connectivity index (χ0) is 15.5. The Hall–Kier alpha value is -0.430. The van der Waals surface area contributed by atoms with Crippen molar-refractivity contribution >= 4 is 26.0 Å². The van der Waals surface area contributed by atoms with Gasteiger partial charge in [-0.2, -0.15) is 4.31 Å². The number of nitrogens with one attached hydrogen (secondary N) is 1. The second kappa shape index (κ2) is 7.22. The first-order valence-corrected chi connectivity index (χ1v) is 9.69. The van der Waals surface area contributed by atoms with Crippen LogP contribution in [0, 0.1) is 0 Å². The van der Waals surface area contributed by atoms with Crippen LogP contribution in [0.3, 0.4) is 0 Å². The molecule has 1 aliphatic rings. The van der Waals surface area contributed by atoms with Gasteiger partial charge in [0.2, 0.25) is 10.0 Å². The minimum atomic E-state index is -3.41. The molecule has 2 rings (SSSR count). The van der Waals surface area contributed by atoms with Crippen LogP contribution in [0.25, 0.3) is 0 Å². The van der Waals surface area contributed by atoms with Crippen molar-refractivity contribution in [2.45, 2.75) is 50.1 Å². The zero-order valence-electron chi connectivity index (χ0n) is 12.6. The number of benzene rings is 1. The van der Waals surface area contributed by atoms with Gasteiger partial charge in [0.1, 0.15) is 0 Å². The molecule has 1 N–H and O–H groups in total. The summed E-state index contributed by atoms with van der Waals surface area (Å²) in [5.41, 5.74) is 1.06. The van der Waals surface area contributed by atoms with Crippen molar-refractivity contribution in [2.75, 3.05) is 13.6 Å². The van der Waals surface area contributed by atoms with Crippen molar-refractivity contribution < 1.29 is 8.42 Å². The molecule has 0 saturated heterocycles. The molecule has 0 spiro atoms. The van der Waals surface area contributed by atoms with Gasteiger partial charge in [-0.25, -0.2) is 8.42 Å². The summed E-state index contributed by atoms with van der Waals surface area (Å²) in [6.45, 7) is 3.43. The van der Waals surface area contributed by atoms with Gasteiger partial charge < -0.3 is 5.32 Å². The van der Waals surface area contributed by atoms with Crippen molar-refractivity contribution in [3.63, 3.8) is 0 Å². The molecular formula is C15H23BrN2O2S. The third-order valence-corrected chi connectivity index (χ3v) is 6.58. The van der Waals surface area contributed by atoms with E-state index in [9.17, 15) is 8.42 Å². The molecule has 1 aromatic carbocycles. The number of nitrogens with zero attached hydrogens (tertiary/aromatic N) is 1. The number of hydrogen-bond acceptors (Lipinski definition) is 3. The summed E-state index contributed by atoms with van der Waals surface area (Å²) >= 11 is 3.43. The summed E-state index contributed by atoms with van der Waals surface area (Å²) in [6.07, 6.45) is 3.88. The molecule has 118 valence electrons. The molecular weight excluding hydrogens is 352 g/mol. The van der Waals surface area contributed by atoms with E-state index in [2.05, 4.69) is 28.2 Å². The lowest BCUT2D eigenvalue weighted by atomic mass is 10.2. The summed E-state index contributed by atoms with van der Waals surface area (Å²) in [7, 11) is -1.53. The van der Waals surface area contributed by atoms with E-state index in [1.807, 2.05) is 19.2 Å². The summed E-state index contributed by atoms with van der Waals surface area (Å²) < 4.78 is 28.1. The van der Waals surface area contributed by atoms with Crippen LogP contribution in [-0.2, 0) is 16.6 Å². The molecule has 1 aliphatic carbocycles. The van der Waals surface area contributed by atoms with Crippen LogP contribution in [0.1, 0.15) is 38.2 Å². The minimum Gasteiger partial charge on any atom is -0.316 e. The summed E-state index contributed by atoms with van der Waals surface area (Å²) in [5, 5.41) is 3.07. The van der Waals surface area contributed by atoms with Gasteiger partial charge in [0.25, 0.3) is 0 Å². The van der Waals surface area contributed by atoms with Crippen LogP contribution in [-0.4, -0.2) is 32.4 Å². The first-order chi connectivity index (χ1) is 10.0. The number of sulfonamides is 1. The quantitative estimate of drug-likeness (QED) is 0.760. The smallest absolute Gasteiger partial charge is 0.244 e. The molecule has 0 radical (unpaired) electrons. The summed E-state index contributed by atoms with van der Waals surface area (Å²) in [6, 6.07) is 5.67. The van der Waals surface area contributed by atoms with Gasteiger partial charge in [0.05, 0.1) is 4.90 Å². The molecule has 1 aromatic rings. The van der Waals surface area contributed by atoms with Crippen LogP contribution in [0.15, 0.2) is 27.6 Å². The van der Waals surface area contributed by atoms with E-state index in [1.165, 1.54) is 0 Å². The van der Waals surface area contributed by atoms with E-state index in [1.54, 1.807) is 10.4 Å². The molecule has 21 heavy (non-hydrogen) atoms. The maximum absolute atomic E-state index is 12.9. The standard InChI is InChI=1S/C15H23BrN2O2S/c1-3-4-9-18(13-6-7-13)21(19,20)15-8-5-12(11-17-2)10-14(15)16/h5,8,10,13,17H,3-4,6-7,9,11H2,1-2H3. The third kappa shape index (κ3) is 4.06. The third-order valence-electron chi connectivity index (χ3n) is 3.65. The Balaban J connectivity index is 2.28. The normalized spacial score (nSPS) is 15.6. The van der Waals surface area contributed by atoms with E-state index in [4.69, 9.17) is 0 Å². The lowest BCUT2D eigenvalue weighted by Crippen LogP contribution is -2.34. The van der Waals surface area contributed by atoms with E-state index >= 15 is 0 Å². The average Bonchev–Trinajstić information content (AvgIpc) is 3.23. The molecule has 1 saturated carbocycles. The average molecular weight is 375 g/mol. The Labute approximate surface area is 136 Å². The van der Waals surface area contributed by atoms with Crippen LogP contribution in [0.2, 0.25) is 0 Å². The van der Waals surface area contributed by atoms with E-state index in [0.29, 0.717) is 15.9 Å². The number of rotatable bonds is 8. The molecule has 0 atom stereocenters.